The van der Waals surface area contributed by atoms with Gasteiger partial charge in [0, 0.05) is 18.1 Å². The zero-order valence-electron chi connectivity index (χ0n) is 13.4. The summed E-state index contributed by atoms with van der Waals surface area (Å²) < 4.78 is 23.4. The normalized spacial score (nSPS) is 28.5. The van der Waals surface area contributed by atoms with E-state index >= 15 is 0 Å². The molecule has 2 aliphatic heterocycles. The highest BCUT2D eigenvalue weighted by atomic mass is 32.2. The first-order chi connectivity index (χ1) is 12.1. The van der Waals surface area contributed by atoms with E-state index in [4.69, 9.17) is 10.9 Å². The van der Waals surface area contributed by atoms with Crippen LogP contribution in [-0.2, 0) is 26.2 Å². The van der Waals surface area contributed by atoms with Gasteiger partial charge in [-0.25, -0.2) is 18.2 Å². The second kappa shape index (κ2) is 6.95. The quantitative estimate of drug-likeness (QED) is 0.307. The summed E-state index contributed by atoms with van der Waals surface area (Å²) in [6.07, 6.45) is 0. The van der Waals surface area contributed by atoms with Gasteiger partial charge in [-0.2, -0.15) is 0 Å². The van der Waals surface area contributed by atoms with Crippen molar-refractivity contribution in [2.45, 2.75) is 23.1 Å². The maximum atomic E-state index is 11.9. The van der Waals surface area contributed by atoms with E-state index < -0.39 is 27.4 Å². The number of β-lactam (4-membered cyclic amide) rings is 1. The molecule has 144 valence electrons. The van der Waals surface area contributed by atoms with Crippen molar-refractivity contribution in [2.24, 2.45) is 16.3 Å². The number of nitrogens with zero attached hydrogens (tertiary/aromatic N) is 5. The number of amides is 1. The molecule has 0 saturated carbocycles. The predicted octanol–water partition coefficient (Wildman–Crippen LogP) is -2.63. The number of fused-ring (bicyclic) bond motifs is 1. The van der Waals surface area contributed by atoms with Gasteiger partial charge in [0.05, 0.1) is 12.3 Å². The van der Waals surface area contributed by atoms with Crippen LogP contribution in [0.3, 0.4) is 0 Å². The van der Waals surface area contributed by atoms with Gasteiger partial charge < -0.3 is 15.7 Å². The number of hydrogen-bond donors (Lipinski definition) is 3. The van der Waals surface area contributed by atoms with Gasteiger partial charge in [0.1, 0.15) is 16.8 Å². The summed E-state index contributed by atoms with van der Waals surface area (Å²) >= 11 is 2.44. The molecule has 1 aromatic rings. The Balaban J connectivity index is 1.68. The van der Waals surface area contributed by atoms with E-state index in [1.165, 1.54) is 21.3 Å². The third-order valence-electron chi connectivity index (χ3n) is 4.20. The Morgan fingerprint density at radius 3 is 2.88 bits per heavy atom. The monoisotopic (exact) mass is 423 g/mol. The van der Waals surface area contributed by atoms with Crippen LogP contribution in [0.15, 0.2) is 5.16 Å². The van der Waals surface area contributed by atoms with Crippen LogP contribution in [0.4, 0.5) is 0 Å². The first-order valence-electron chi connectivity index (χ1n) is 7.43. The molecule has 2 aliphatic rings. The molecule has 15 heteroatoms. The van der Waals surface area contributed by atoms with Crippen LogP contribution in [0.2, 0.25) is 0 Å². The molecule has 12 nitrogen and oxygen atoms in total. The Hall–Kier alpha value is -1.42. The number of tetrazole rings is 1. The van der Waals surface area contributed by atoms with E-state index in [0.29, 0.717) is 5.75 Å². The summed E-state index contributed by atoms with van der Waals surface area (Å²) in [4.78, 5) is 25.2. The molecule has 3 heterocycles. The summed E-state index contributed by atoms with van der Waals surface area (Å²) in [5.74, 6) is -1.19. The molecule has 0 aromatic carbocycles. The minimum Gasteiger partial charge on any atom is -0.481 e. The highest BCUT2D eigenvalue weighted by Crippen LogP contribution is 2.43. The van der Waals surface area contributed by atoms with Gasteiger partial charge in [0.25, 0.3) is 0 Å². The SMILES string of the molecule is NC1C(=O)N2CC(CSc3nnnn3CCS(N)(=O)=O)(C(=O)O)CS[C@H]12. The molecule has 3 rings (SSSR count). The number of aromatic nitrogens is 4. The highest BCUT2D eigenvalue weighted by molar-refractivity contribution is 8.00. The fourth-order valence-corrected chi connectivity index (χ4v) is 5.80. The molecule has 2 fully saturated rings. The summed E-state index contributed by atoms with van der Waals surface area (Å²) in [5.41, 5.74) is 4.56. The van der Waals surface area contributed by atoms with E-state index in [9.17, 15) is 23.1 Å². The van der Waals surface area contributed by atoms with Gasteiger partial charge in [-0.1, -0.05) is 11.8 Å². The number of aliphatic carboxylic acids is 1. The average molecular weight is 424 g/mol. The number of carboxylic acid groups (broad SMARTS) is 1. The van der Waals surface area contributed by atoms with Crippen molar-refractivity contribution in [3.8, 4) is 0 Å². The first kappa shape index (κ1) is 19.3. The topological polar surface area (TPSA) is 187 Å². The molecular formula is C11H17N7O5S3. The van der Waals surface area contributed by atoms with E-state index in [1.54, 1.807) is 0 Å². The van der Waals surface area contributed by atoms with Crippen LogP contribution in [0.5, 0.6) is 0 Å². The molecule has 0 aliphatic carbocycles. The maximum Gasteiger partial charge on any atom is 0.313 e. The third kappa shape index (κ3) is 3.66. The molecule has 3 atom stereocenters. The second-order valence-corrected chi connectivity index (χ2v) is 9.90. The smallest absolute Gasteiger partial charge is 0.313 e. The maximum absolute atomic E-state index is 11.9. The van der Waals surface area contributed by atoms with Crippen molar-refractivity contribution in [3.63, 3.8) is 0 Å². The summed E-state index contributed by atoms with van der Waals surface area (Å²) in [6, 6.07) is -0.579. The van der Waals surface area contributed by atoms with Crippen molar-refractivity contribution < 1.29 is 23.1 Å². The summed E-state index contributed by atoms with van der Waals surface area (Å²) in [7, 11) is -3.67. The van der Waals surface area contributed by atoms with Crippen LogP contribution in [0.1, 0.15) is 0 Å². The minimum atomic E-state index is -3.67. The van der Waals surface area contributed by atoms with Gasteiger partial charge in [0.15, 0.2) is 0 Å². The highest BCUT2D eigenvalue weighted by Gasteiger charge is 2.55. The molecular weight excluding hydrogens is 406 g/mol. The number of thioether (sulfide) groups is 2. The van der Waals surface area contributed by atoms with Crippen LogP contribution < -0.4 is 10.9 Å². The van der Waals surface area contributed by atoms with Gasteiger partial charge in [-0.3, -0.25) is 9.59 Å². The van der Waals surface area contributed by atoms with Gasteiger partial charge in [-0.15, -0.1) is 16.9 Å². The van der Waals surface area contributed by atoms with Gasteiger partial charge in [-0.05, 0) is 10.4 Å². The molecule has 2 unspecified atom stereocenters. The molecule has 5 N–H and O–H groups in total. The number of carbonyl (C=O) groups excluding carboxylic acids is 1. The van der Waals surface area contributed by atoms with Crippen molar-refractivity contribution in [3.05, 3.63) is 0 Å². The fourth-order valence-electron chi connectivity index (χ4n) is 2.66. The second-order valence-electron chi connectivity index (χ2n) is 6.12. The predicted molar refractivity (Wildman–Crippen MR) is 92.5 cm³/mol. The Bertz CT molecular complexity index is 830. The molecule has 1 amide bonds. The summed E-state index contributed by atoms with van der Waals surface area (Å²) in [6.45, 7) is 0.0306. The van der Waals surface area contributed by atoms with Crippen LogP contribution >= 0.6 is 23.5 Å². The minimum absolute atomic E-state index is 0.0372. The number of sulfonamides is 1. The Kier molecular flexibility index (Phi) is 5.17. The molecule has 1 aromatic heterocycles. The Morgan fingerprint density at radius 2 is 2.23 bits per heavy atom. The third-order valence-corrected chi connectivity index (χ3v) is 7.81. The van der Waals surface area contributed by atoms with Crippen LogP contribution in [-0.4, -0.2) is 85.7 Å². The molecule has 0 bridgehead atoms. The lowest BCUT2D eigenvalue weighted by Crippen LogP contribution is -2.72. The van der Waals surface area contributed by atoms with Crippen molar-refractivity contribution in [1.29, 1.82) is 0 Å². The number of aryl methyl sites for hydroxylation is 1. The lowest BCUT2D eigenvalue weighted by atomic mass is 9.89. The van der Waals surface area contributed by atoms with Crippen LogP contribution in [0.25, 0.3) is 0 Å². The molecule has 2 saturated heterocycles. The standard InChI is InChI=1S/C11H17N7O5S3/c12-6-7(19)17-3-11(9(20)21,4-24-8(6)17)5-25-10-14-15-16-18(10)1-2-26(13,22)23/h6,8H,1-5,12H2,(H,20,21)(H2,13,22,23)/t6?,8-,11?/m1/s1. The number of nitrogens with two attached hydrogens (primary N) is 2. The Morgan fingerprint density at radius 1 is 1.50 bits per heavy atom. The molecule has 0 radical (unpaired) electrons. The van der Waals surface area contributed by atoms with Gasteiger partial charge >= 0.3 is 5.97 Å². The largest absolute Gasteiger partial charge is 0.481 e. The van der Waals surface area contributed by atoms with Crippen molar-refractivity contribution in [1.82, 2.24) is 25.1 Å². The average Bonchev–Trinajstić information content (AvgIpc) is 3.04. The van der Waals surface area contributed by atoms with E-state index in [0.717, 1.165) is 11.8 Å². The van der Waals surface area contributed by atoms with Gasteiger partial charge in [0.2, 0.25) is 21.1 Å². The van der Waals surface area contributed by atoms with Crippen molar-refractivity contribution in [2.75, 3.05) is 23.8 Å². The fraction of sp³-hybridized carbons (Fsp3) is 0.727. The number of rotatable bonds is 7. The molecule has 26 heavy (non-hydrogen) atoms. The number of primary sulfonamides is 1. The first-order valence-corrected chi connectivity index (χ1v) is 11.2. The lowest BCUT2D eigenvalue weighted by molar-refractivity contribution is -0.155. The van der Waals surface area contributed by atoms with E-state index in [-0.39, 0.29) is 41.0 Å². The molecule has 0 spiro atoms. The number of carboxylic acids is 1. The lowest BCUT2D eigenvalue weighted by Gasteiger charge is -2.52. The number of carbonyl (C=O) groups is 2. The van der Waals surface area contributed by atoms with E-state index in [1.807, 2.05) is 0 Å². The zero-order chi connectivity index (χ0) is 19.1. The zero-order valence-corrected chi connectivity index (χ0v) is 15.8. The number of hydrogen-bond acceptors (Lipinski definition) is 10. The van der Waals surface area contributed by atoms with Crippen LogP contribution in [0, 0.1) is 5.41 Å². The van der Waals surface area contributed by atoms with E-state index in [2.05, 4.69) is 15.5 Å². The van der Waals surface area contributed by atoms with Crippen molar-refractivity contribution >= 4 is 45.4 Å². The summed E-state index contributed by atoms with van der Waals surface area (Å²) in [5, 5.41) is 25.8. The Labute approximate surface area is 157 Å².